The molecule has 0 atom stereocenters. The fourth-order valence-corrected chi connectivity index (χ4v) is 2.10. The highest BCUT2D eigenvalue weighted by Crippen LogP contribution is 2.15. The number of nitrogens with one attached hydrogen (secondary N) is 2. The van der Waals surface area contributed by atoms with E-state index in [1.54, 1.807) is 18.3 Å². The minimum atomic E-state index is 0.401. The number of nitriles is 1. The molecule has 0 fully saturated rings. The molecule has 0 aliphatic rings. The third-order valence-electron chi connectivity index (χ3n) is 2.50. The highest BCUT2D eigenvalue weighted by Gasteiger charge is 1.96. The summed E-state index contributed by atoms with van der Waals surface area (Å²) < 4.78 is 0.969. The Bertz CT molecular complexity index is 704. The van der Waals surface area contributed by atoms with Crippen LogP contribution in [0.2, 0.25) is 0 Å². The first-order chi connectivity index (χ1) is 10.2. The van der Waals surface area contributed by atoms with Crippen molar-refractivity contribution in [3.8, 4) is 6.07 Å². The highest BCUT2D eigenvalue weighted by molar-refractivity contribution is 9.10. The van der Waals surface area contributed by atoms with Gasteiger partial charge in [0.1, 0.15) is 0 Å². The van der Waals surface area contributed by atoms with E-state index in [1.807, 2.05) is 36.4 Å². The molecular weight excluding hydrogens is 348 g/mol. The van der Waals surface area contributed by atoms with Crippen molar-refractivity contribution in [3.05, 3.63) is 64.1 Å². The van der Waals surface area contributed by atoms with Crippen molar-refractivity contribution in [1.29, 1.82) is 5.26 Å². The lowest BCUT2D eigenvalue weighted by atomic mass is 10.2. The number of anilines is 1. The molecule has 6 heteroatoms. The Morgan fingerprint density at radius 2 is 2.00 bits per heavy atom. The predicted octanol–water partition coefficient (Wildman–Crippen LogP) is 3.64. The smallest absolute Gasteiger partial charge is 0.191 e. The zero-order chi connectivity index (χ0) is 15.1. The molecule has 2 aromatic rings. The summed E-state index contributed by atoms with van der Waals surface area (Å²) in [6.07, 6.45) is 1.63. The van der Waals surface area contributed by atoms with E-state index in [0.717, 1.165) is 15.7 Å². The normalized spacial score (nSPS) is 10.1. The van der Waals surface area contributed by atoms with Crippen LogP contribution in [0.15, 0.2) is 58.1 Å². The summed E-state index contributed by atoms with van der Waals surface area (Å²) in [7, 11) is 0. The topological polar surface area (TPSA) is 60.2 Å². The molecule has 0 aliphatic heterocycles. The van der Waals surface area contributed by atoms with Crippen LogP contribution in [0.1, 0.15) is 11.1 Å². The summed E-state index contributed by atoms with van der Waals surface area (Å²) >= 11 is 8.53. The van der Waals surface area contributed by atoms with Crippen molar-refractivity contribution >= 4 is 45.2 Å². The summed E-state index contributed by atoms with van der Waals surface area (Å²) in [5.74, 6) is 0. The maximum atomic E-state index is 8.71. The second kappa shape index (κ2) is 7.53. The van der Waals surface area contributed by atoms with Gasteiger partial charge in [0.15, 0.2) is 5.11 Å². The Balaban J connectivity index is 1.88. The van der Waals surface area contributed by atoms with E-state index in [-0.39, 0.29) is 0 Å². The second-order valence-corrected chi connectivity index (χ2v) is 5.39. The lowest BCUT2D eigenvalue weighted by Crippen LogP contribution is -2.23. The van der Waals surface area contributed by atoms with Gasteiger partial charge in [0, 0.05) is 10.2 Å². The van der Waals surface area contributed by atoms with Crippen LogP contribution in [0.5, 0.6) is 0 Å². The summed E-state index contributed by atoms with van der Waals surface area (Å²) in [5.41, 5.74) is 5.11. The number of hydrazone groups is 1. The molecule has 21 heavy (non-hydrogen) atoms. The lowest BCUT2D eigenvalue weighted by Gasteiger charge is -2.06. The van der Waals surface area contributed by atoms with Gasteiger partial charge in [-0.2, -0.15) is 10.4 Å². The average Bonchev–Trinajstić information content (AvgIpc) is 2.48. The lowest BCUT2D eigenvalue weighted by molar-refractivity contribution is 1.05. The van der Waals surface area contributed by atoms with Crippen LogP contribution in [0.25, 0.3) is 0 Å². The van der Waals surface area contributed by atoms with Crippen molar-refractivity contribution in [3.63, 3.8) is 0 Å². The number of hydrogen-bond donors (Lipinski definition) is 2. The molecule has 0 aromatic heterocycles. The monoisotopic (exact) mass is 358 g/mol. The largest absolute Gasteiger partial charge is 0.331 e. The Kier molecular flexibility index (Phi) is 5.43. The second-order valence-electron chi connectivity index (χ2n) is 4.07. The van der Waals surface area contributed by atoms with Gasteiger partial charge in [-0.25, -0.2) is 0 Å². The molecule has 2 aromatic carbocycles. The summed E-state index contributed by atoms with van der Waals surface area (Å²) in [6, 6.07) is 16.8. The molecule has 0 radical (unpaired) electrons. The molecular formula is C15H11BrN4S. The zero-order valence-corrected chi connectivity index (χ0v) is 13.3. The van der Waals surface area contributed by atoms with Crippen molar-refractivity contribution in [2.24, 2.45) is 5.10 Å². The summed E-state index contributed by atoms with van der Waals surface area (Å²) in [5, 5.41) is 16.2. The highest BCUT2D eigenvalue weighted by atomic mass is 79.9. The van der Waals surface area contributed by atoms with E-state index >= 15 is 0 Å². The number of halogens is 1. The molecule has 0 spiro atoms. The Morgan fingerprint density at radius 1 is 1.24 bits per heavy atom. The molecule has 4 nitrogen and oxygen atoms in total. The quantitative estimate of drug-likeness (QED) is 0.499. The maximum absolute atomic E-state index is 8.71. The van der Waals surface area contributed by atoms with E-state index in [9.17, 15) is 0 Å². The minimum Gasteiger partial charge on any atom is -0.331 e. The Morgan fingerprint density at radius 3 is 2.67 bits per heavy atom. The van der Waals surface area contributed by atoms with E-state index in [1.165, 1.54) is 0 Å². The van der Waals surface area contributed by atoms with E-state index in [4.69, 9.17) is 17.5 Å². The van der Waals surface area contributed by atoms with Gasteiger partial charge in [0.05, 0.1) is 17.8 Å². The maximum Gasteiger partial charge on any atom is 0.191 e. The minimum absolute atomic E-state index is 0.401. The first-order valence-corrected chi connectivity index (χ1v) is 7.23. The van der Waals surface area contributed by atoms with Gasteiger partial charge in [0.2, 0.25) is 0 Å². The number of thiocarbonyl (C=S) groups is 1. The zero-order valence-electron chi connectivity index (χ0n) is 10.9. The molecule has 2 rings (SSSR count). The summed E-state index contributed by atoms with van der Waals surface area (Å²) in [4.78, 5) is 0. The fraction of sp³-hybridized carbons (Fsp3) is 0. The number of nitrogens with zero attached hydrogens (tertiary/aromatic N) is 2. The van der Waals surface area contributed by atoms with E-state index in [0.29, 0.717) is 10.7 Å². The standard InChI is InChI=1S/C15H11BrN4S/c16-13-2-1-3-14(8-13)19-15(21)20-18-10-12-6-4-11(9-17)5-7-12/h1-8,10H,(H2,19,20,21)/b18-10-. The van der Waals surface area contributed by atoms with Gasteiger partial charge in [-0.05, 0) is 48.1 Å². The van der Waals surface area contributed by atoms with Gasteiger partial charge >= 0.3 is 0 Å². The Hall–Kier alpha value is -2.23. The van der Waals surface area contributed by atoms with Crippen LogP contribution in [-0.4, -0.2) is 11.3 Å². The molecule has 104 valence electrons. The molecule has 0 saturated heterocycles. The van der Waals surface area contributed by atoms with Crippen molar-refractivity contribution in [1.82, 2.24) is 5.43 Å². The van der Waals surface area contributed by atoms with Crippen LogP contribution < -0.4 is 10.7 Å². The van der Waals surface area contributed by atoms with Crippen LogP contribution in [0.4, 0.5) is 5.69 Å². The Labute approximate surface area is 136 Å². The summed E-state index contributed by atoms with van der Waals surface area (Å²) in [6.45, 7) is 0. The fourth-order valence-electron chi connectivity index (χ4n) is 1.53. The van der Waals surface area contributed by atoms with Gasteiger partial charge in [-0.1, -0.05) is 34.1 Å². The van der Waals surface area contributed by atoms with Crippen LogP contribution in [-0.2, 0) is 0 Å². The van der Waals surface area contributed by atoms with Crippen molar-refractivity contribution in [2.75, 3.05) is 5.32 Å². The number of benzene rings is 2. The van der Waals surface area contributed by atoms with Gasteiger partial charge in [-0.15, -0.1) is 0 Å². The predicted molar refractivity (Wildman–Crippen MR) is 92.2 cm³/mol. The molecule has 0 amide bonds. The van der Waals surface area contributed by atoms with Gasteiger partial charge in [0.25, 0.3) is 0 Å². The first-order valence-electron chi connectivity index (χ1n) is 6.03. The van der Waals surface area contributed by atoms with Crippen LogP contribution in [0.3, 0.4) is 0 Å². The van der Waals surface area contributed by atoms with E-state index in [2.05, 4.69) is 37.8 Å². The molecule has 0 unspecified atom stereocenters. The molecule has 0 saturated carbocycles. The molecule has 0 aliphatic carbocycles. The number of rotatable bonds is 3. The third kappa shape index (κ3) is 4.99. The van der Waals surface area contributed by atoms with Crippen molar-refractivity contribution < 1.29 is 0 Å². The SMILES string of the molecule is N#Cc1ccc(/C=N\NC(=S)Nc2cccc(Br)c2)cc1. The van der Waals surface area contributed by atoms with Gasteiger partial charge in [-0.3, -0.25) is 5.43 Å². The first kappa shape index (κ1) is 15.2. The van der Waals surface area contributed by atoms with Gasteiger partial charge < -0.3 is 5.32 Å². The average molecular weight is 359 g/mol. The van der Waals surface area contributed by atoms with Crippen LogP contribution >= 0.6 is 28.1 Å². The molecule has 0 heterocycles. The number of hydrogen-bond acceptors (Lipinski definition) is 3. The molecule has 0 bridgehead atoms. The van der Waals surface area contributed by atoms with Crippen LogP contribution in [0, 0.1) is 11.3 Å². The third-order valence-corrected chi connectivity index (χ3v) is 3.19. The van der Waals surface area contributed by atoms with E-state index < -0.39 is 0 Å². The molecule has 2 N–H and O–H groups in total. The van der Waals surface area contributed by atoms with Crippen molar-refractivity contribution in [2.45, 2.75) is 0 Å².